The van der Waals surface area contributed by atoms with E-state index in [-0.39, 0.29) is 18.2 Å². The third kappa shape index (κ3) is 4.43. The normalized spacial score (nSPS) is 15.9. The molecule has 1 aliphatic heterocycles. The van der Waals surface area contributed by atoms with Gasteiger partial charge in [0.05, 0.1) is 12.2 Å². The summed E-state index contributed by atoms with van der Waals surface area (Å²) in [5.74, 6) is 1.13. The van der Waals surface area contributed by atoms with Crippen LogP contribution in [0.2, 0.25) is 0 Å². The van der Waals surface area contributed by atoms with Crippen molar-refractivity contribution in [2.45, 2.75) is 26.2 Å². The van der Waals surface area contributed by atoms with Gasteiger partial charge in [0.15, 0.2) is 0 Å². The van der Waals surface area contributed by atoms with E-state index in [4.69, 9.17) is 5.11 Å². The minimum absolute atomic E-state index is 0.155. The Morgan fingerprint density at radius 2 is 2.12 bits per heavy atom. The highest BCUT2D eigenvalue weighted by atomic mass is 32.2. The number of thioether (sulfide) groups is 1. The van der Waals surface area contributed by atoms with E-state index in [0.717, 1.165) is 18.6 Å². The van der Waals surface area contributed by atoms with Gasteiger partial charge in [0.2, 0.25) is 5.91 Å². The number of carbonyl (C=O) groups excluding carboxylic acids is 1. The van der Waals surface area contributed by atoms with Gasteiger partial charge >= 0.3 is 5.97 Å². The van der Waals surface area contributed by atoms with E-state index >= 15 is 0 Å². The van der Waals surface area contributed by atoms with E-state index in [2.05, 4.69) is 6.92 Å². The lowest BCUT2D eigenvalue weighted by Crippen LogP contribution is -2.51. The number of amides is 1. The predicted molar refractivity (Wildman–Crippen MR) is 64.6 cm³/mol. The highest BCUT2D eigenvalue weighted by molar-refractivity contribution is 7.99. The van der Waals surface area contributed by atoms with Crippen LogP contribution in [-0.4, -0.2) is 46.5 Å². The molecule has 0 saturated carbocycles. The van der Waals surface area contributed by atoms with Crippen LogP contribution in [0.1, 0.15) is 26.2 Å². The molecule has 92 valence electrons. The fraction of sp³-hybridized carbons (Fsp3) is 0.818. The fourth-order valence-corrected chi connectivity index (χ4v) is 2.64. The van der Waals surface area contributed by atoms with Gasteiger partial charge in [-0.15, -0.1) is 0 Å². The van der Waals surface area contributed by atoms with Gasteiger partial charge in [0, 0.05) is 19.0 Å². The van der Waals surface area contributed by atoms with E-state index in [1.807, 2.05) is 0 Å². The van der Waals surface area contributed by atoms with Crippen molar-refractivity contribution in [1.29, 1.82) is 0 Å². The van der Waals surface area contributed by atoms with Crippen molar-refractivity contribution in [3.8, 4) is 0 Å². The van der Waals surface area contributed by atoms with Crippen LogP contribution in [0.5, 0.6) is 0 Å². The summed E-state index contributed by atoms with van der Waals surface area (Å²) >= 11 is 1.67. The molecule has 4 nitrogen and oxygen atoms in total. The average Bonchev–Trinajstić information content (AvgIpc) is 2.17. The van der Waals surface area contributed by atoms with Crippen LogP contribution >= 0.6 is 11.8 Å². The molecule has 1 rings (SSSR count). The number of hydrogen-bond donors (Lipinski definition) is 1. The van der Waals surface area contributed by atoms with E-state index in [1.165, 1.54) is 0 Å². The lowest BCUT2D eigenvalue weighted by atomic mass is 9.96. The number of nitrogens with zero attached hydrogens (tertiary/aromatic N) is 1. The Balaban J connectivity index is 2.05. The second-order valence-corrected chi connectivity index (χ2v) is 5.27. The summed E-state index contributed by atoms with van der Waals surface area (Å²) in [5, 5.41) is 8.57. The number of carbonyl (C=O) groups is 2. The Labute approximate surface area is 100 Å². The molecular weight excluding hydrogens is 226 g/mol. The van der Waals surface area contributed by atoms with E-state index in [1.54, 1.807) is 16.7 Å². The first-order valence-electron chi connectivity index (χ1n) is 5.70. The van der Waals surface area contributed by atoms with Gasteiger partial charge in [-0.2, -0.15) is 11.8 Å². The summed E-state index contributed by atoms with van der Waals surface area (Å²) in [6.07, 6.45) is 2.50. The van der Waals surface area contributed by atoms with Crippen LogP contribution in [0.25, 0.3) is 0 Å². The minimum atomic E-state index is -0.769. The first-order valence-corrected chi connectivity index (χ1v) is 6.86. The molecule has 0 aromatic heterocycles. The molecule has 1 heterocycles. The number of carboxylic acids is 1. The van der Waals surface area contributed by atoms with Gasteiger partial charge in [-0.3, -0.25) is 9.59 Å². The van der Waals surface area contributed by atoms with Crippen LogP contribution in [0, 0.1) is 5.92 Å². The molecule has 0 bridgehead atoms. The molecular formula is C11H19NO3S. The van der Waals surface area contributed by atoms with Gasteiger partial charge in [-0.05, 0) is 12.2 Å². The van der Waals surface area contributed by atoms with Gasteiger partial charge < -0.3 is 10.0 Å². The van der Waals surface area contributed by atoms with Crippen molar-refractivity contribution < 1.29 is 14.7 Å². The number of rotatable bonds is 7. The standard InChI is InChI=1S/C11H19NO3S/c1-2-3-4-16-8-10(13)12-6-9(7-12)5-11(14)15/h9H,2-8H2,1H3,(H,14,15). The molecule has 0 spiro atoms. The molecule has 0 aromatic carbocycles. The molecule has 1 saturated heterocycles. The zero-order chi connectivity index (χ0) is 12.0. The second-order valence-electron chi connectivity index (χ2n) is 4.17. The number of hydrogen-bond acceptors (Lipinski definition) is 3. The quantitative estimate of drug-likeness (QED) is 0.690. The van der Waals surface area contributed by atoms with Crippen LogP contribution in [0.15, 0.2) is 0 Å². The molecule has 0 atom stereocenters. The fourth-order valence-electron chi connectivity index (χ4n) is 1.65. The Bertz CT molecular complexity index is 252. The number of aliphatic carboxylic acids is 1. The topological polar surface area (TPSA) is 57.6 Å². The van der Waals surface area contributed by atoms with Crippen LogP contribution < -0.4 is 0 Å². The monoisotopic (exact) mass is 245 g/mol. The SMILES string of the molecule is CCCCSCC(=O)N1CC(CC(=O)O)C1. The molecule has 1 amide bonds. The molecule has 16 heavy (non-hydrogen) atoms. The van der Waals surface area contributed by atoms with Gasteiger partial charge in [-0.1, -0.05) is 13.3 Å². The van der Waals surface area contributed by atoms with E-state index < -0.39 is 5.97 Å². The third-order valence-electron chi connectivity index (χ3n) is 2.64. The smallest absolute Gasteiger partial charge is 0.303 e. The van der Waals surface area contributed by atoms with Crippen molar-refractivity contribution in [3.63, 3.8) is 0 Å². The molecule has 1 fully saturated rings. The summed E-state index contributed by atoms with van der Waals surface area (Å²) < 4.78 is 0. The predicted octanol–water partition coefficient (Wildman–Crippen LogP) is 1.45. The number of carboxylic acid groups (broad SMARTS) is 1. The average molecular weight is 245 g/mol. The maximum absolute atomic E-state index is 11.6. The van der Waals surface area contributed by atoms with E-state index in [9.17, 15) is 9.59 Å². The second kappa shape index (κ2) is 6.78. The third-order valence-corrected chi connectivity index (χ3v) is 3.67. The van der Waals surface area contributed by atoms with Crippen molar-refractivity contribution in [1.82, 2.24) is 4.90 Å². The summed E-state index contributed by atoms with van der Waals surface area (Å²) in [5.41, 5.74) is 0. The zero-order valence-electron chi connectivity index (χ0n) is 9.65. The first kappa shape index (κ1) is 13.4. The molecule has 1 N–H and O–H groups in total. The van der Waals surface area contributed by atoms with Crippen molar-refractivity contribution in [3.05, 3.63) is 0 Å². The molecule has 0 aromatic rings. The van der Waals surface area contributed by atoms with Crippen LogP contribution in [0.3, 0.4) is 0 Å². The number of unbranched alkanes of at least 4 members (excludes halogenated alkanes) is 1. The summed E-state index contributed by atoms with van der Waals surface area (Å²) in [7, 11) is 0. The highest BCUT2D eigenvalue weighted by Crippen LogP contribution is 2.20. The molecule has 5 heteroatoms. The largest absolute Gasteiger partial charge is 0.481 e. The van der Waals surface area contributed by atoms with Gasteiger partial charge in [0.25, 0.3) is 0 Å². The molecule has 0 aliphatic carbocycles. The number of likely N-dealkylation sites (tertiary alicyclic amines) is 1. The highest BCUT2D eigenvalue weighted by Gasteiger charge is 2.31. The lowest BCUT2D eigenvalue weighted by Gasteiger charge is -2.38. The van der Waals surface area contributed by atoms with Crippen LogP contribution in [-0.2, 0) is 9.59 Å². The van der Waals surface area contributed by atoms with Crippen molar-refractivity contribution in [2.75, 3.05) is 24.6 Å². The Kier molecular flexibility index (Phi) is 5.66. The lowest BCUT2D eigenvalue weighted by molar-refractivity contribution is -0.143. The summed E-state index contributed by atoms with van der Waals surface area (Å²) in [4.78, 5) is 23.7. The summed E-state index contributed by atoms with van der Waals surface area (Å²) in [6.45, 7) is 3.38. The zero-order valence-corrected chi connectivity index (χ0v) is 10.5. The van der Waals surface area contributed by atoms with Gasteiger partial charge in [0.1, 0.15) is 0 Å². The molecule has 0 radical (unpaired) electrons. The minimum Gasteiger partial charge on any atom is -0.481 e. The maximum Gasteiger partial charge on any atom is 0.303 e. The Morgan fingerprint density at radius 3 is 2.69 bits per heavy atom. The van der Waals surface area contributed by atoms with Crippen molar-refractivity contribution in [2.24, 2.45) is 5.92 Å². The summed E-state index contributed by atoms with van der Waals surface area (Å²) in [6, 6.07) is 0. The van der Waals surface area contributed by atoms with Gasteiger partial charge in [-0.25, -0.2) is 0 Å². The molecule has 1 aliphatic rings. The van der Waals surface area contributed by atoms with Crippen molar-refractivity contribution >= 4 is 23.6 Å². The van der Waals surface area contributed by atoms with E-state index in [0.29, 0.717) is 18.8 Å². The molecule has 0 unspecified atom stereocenters. The maximum atomic E-state index is 11.6. The first-order chi connectivity index (χ1) is 7.63. The van der Waals surface area contributed by atoms with Crippen LogP contribution in [0.4, 0.5) is 0 Å². The Hall–Kier alpha value is -0.710. The Morgan fingerprint density at radius 1 is 1.44 bits per heavy atom.